The summed E-state index contributed by atoms with van der Waals surface area (Å²) in [4.78, 5) is 16.1. The lowest BCUT2D eigenvalue weighted by Crippen LogP contribution is -2.12. The van der Waals surface area contributed by atoms with Gasteiger partial charge in [-0.3, -0.25) is 0 Å². The van der Waals surface area contributed by atoms with Crippen molar-refractivity contribution in [2.45, 2.75) is 6.54 Å². The van der Waals surface area contributed by atoms with Crippen molar-refractivity contribution in [3.05, 3.63) is 69.5 Å². The smallest absolute Gasteiger partial charge is 0.379 e. The lowest BCUT2D eigenvalue weighted by Gasteiger charge is -2.06. The third kappa shape index (κ3) is 2.51. The van der Waals surface area contributed by atoms with Crippen molar-refractivity contribution >= 4 is 28.5 Å². The number of para-hydroxylation sites is 2. The Bertz CT molecular complexity index is 814. The molecule has 1 heterocycles. The zero-order valence-electron chi connectivity index (χ0n) is 10.5. The van der Waals surface area contributed by atoms with E-state index in [0.717, 1.165) is 5.56 Å². The van der Waals surface area contributed by atoms with Gasteiger partial charge in [-0.05, 0) is 23.8 Å². The minimum atomic E-state index is -0.490. The molecular weight excluding hydrogens is 276 g/mol. The number of nitrogens with zero attached hydrogens (tertiary/aromatic N) is 1. The molecule has 1 N–H and O–H groups in total. The summed E-state index contributed by atoms with van der Waals surface area (Å²) < 4.78 is 5.20. The summed E-state index contributed by atoms with van der Waals surface area (Å²) in [6.07, 6.45) is 0. The second-order valence-corrected chi connectivity index (χ2v) is 4.67. The number of anilines is 1. The molecule has 2 aromatic carbocycles. The molecule has 0 amide bonds. The maximum Gasteiger partial charge on any atom is 0.379 e. The average molecular weight is 287 g/mol. The Kier molecular flexibility index (Phi) is 3.39. The fourth-order valence-corrected chi connectivity index (χ4v) is 2.09. The molecule has 5 heteroatoms. The molecule has 20 heavy (non-hydrogen) atoms. The Morgan fingerprint density at radius 3 is 2.70 bits per heavy atom. The molecule has 0 aliphatic rings. The van der Waals surface area contributed by atoms with Crippen LogP contribution in [0.5, 0.6) is 0 Å². The first-order chi connectivity index (χ1) is 9.74. The van der Waals surface area contributed by atoms with Crippen LogP contribution in [0.3, 0.4) is 0 Å². The van der Waals surface area contributed by atoms with E-state index in [4.69, 9.17) is 16.0 Å². The van der Waals surface area contributed by atoms with E-state index in [1.807, 2.05) is 24.3 Å². The highest BCUT2D eigenvalue weighted by Crippen LogP contribution is 2.16. The predicted molar refractivity (Wildman–Crippen MR) is 79.1 cm³/mol. The van der Waals surface area contributed by atoms with E-state index in [1.54, 1.807) is 24.3 Å². The Morgan fingerprint density at radius 1 is 1.10 bits per heavy atom. The van der Waals surface area contributed by atoms with Gasteiger partial charge >= 0.3 is 5.63 Å². The minimum absolute atomic E-state index is 0.184. The van der Waals surface area contributed by atoms with E-state index >= 15 is 0 Å². The van der Waals surface area contributed by atoms with Gasteiger partial charge in [0.2, 0.25) is 5.82 Å². The van der Waals surface area contributed by atoms with Gasteiger partial charge in [-0.1, -0.05) is 41.9 Å². The van der Waals surface area contributed by atoms with E-state index in [9.17, 15) is 4.79 Å². The summed E-state index contributed by atoms with van der Waals surface area (Å²) in [6, 6.07) is 14.6. The minimum Gasteiger partial charge on any atom is -0.418 e. The van der Waals surface area contributed by atoms with Crippen LogP contribution >= 0.6 is 11.6 Å². The van der Waals surface area contributed by atoms with E-state index in [1.165, 1.54) is 0 Å². The van der Waals surface area contributed by atoms with Crippen LogP contribution in [0, 0.1) is 0 Å². The normalized spacial score (nSPS) is 10.7. The summed E-state index contributed by atoms with van der Waals surface area (Å²) in [5.74, 6) is 0.184. The van der Waals surface area contributed by atoms with Crippen LogP contribution in [0.25, 0.3) is 11.1 Å². The van der Waals surface area contributed by atoms with Gasteiger partial charge in [0.05, 0.1) is 0 Å². The van der Waals surface area contributed by atoms with Crippen molar-refractivity contribution in [3.63, 3.8) is 0 Å². The van der Waals surface area contributed by atoms with Crippen molar-refractivity contribution < 1.29 is 4.42 Å². The molecule has 0 aliphatic heterocycles. The fraction of sp³-hybridized carbons (Fsp3) is 0.0667. The highest BCUT2D eigenvalue weighted by Gasteiger charge is 2.07. The van der Waals surface area contributed by atoms with E-state index in [0.29, 0.717) is 22.7 Å². The van der Waals surface area contributed by atoms with Crippen molar-refractivity contribution in [2.75, 3.05) is 5.32 Å². The number of fused-ring (bicyclic) bond motifs is 1. The monoisotopic (exact) mass is 286 g/mol. The SMILES string of the molecule is O=c1oc2ccccc2nc1NCc1ccccc1Cl. The number of hydrogen-bond donors (Lipinski definition) is 1. The molecule has 4 nitrogen and oxygen atoms in total. The first-order valence-corrected chi connectivity index (χ1v) is 6.49. The van der Waals surface area contributed by atoms with E-state index in [-0.39, 0.29) is 5.82 Å². The third-order valence-electron chi connectivity index (χ3n) is 2.90. The Morgan fingerprint density at radius 2 is 1.85 bits per heavy atom. The standard InChI is InChI=1S/C15H11ClN2O2/c16-11-6-2-1-5-10(11)9-17-14-15(19)20-13-8-4-3-7-12(13)18-14/h1-8H,9H2,(H,17,18). The molecule has 0 saturated heterocycles. The fourth-order valence-electron chi connectivity index (χ4n) is 1.88. The number of benzene rings is 2. The van der Waals surface area contributed by atoms with Gasteiger partial charge in [-0.25, -0.2) is 9.78 Å². The molecule has 0 radical (unpaired) electrons. The molecule has 100 valence electrons. The van der Waals surface area contributed by atoms with Crippen LogP contribution in [-0.4, -0.2) is 4.98 Å². The second-order valence-electron chi connectivity index (χ2n) is 4.26. The van der Waals surface area contributed by atoms with Gasteiger partial charge in [0.1, 0.15) is 5.52 Å². The summed E-state index contributed by atoms with van der Waals surface area (Å²) in [5, 5.41) is 3.60. The summed E-state index contributed by atoms with van der Waals surface area (Å²) >= 11 is 6.06. The number of halogens is 1. The van der Waals surface area contributed by atoms with Gasteiger partial charge in [-0.2, -0.15) is 0 Å². The van der Waals surface area contributed by atoms with Crippen molar-refractivity contribution in [2.24, 2.45) is 0 Å². The average Bonchev–Trinajstić information content (AvgIpc) is 2.46. The molecule has 0 fully saturated rings. The van der Waals surface area contributed by atoms with Crippen molar-refractivity contribution in [1.82, 2.24) is 4.98 Å². The molecular formula is C15H11ClN2O2. The van der Waals surface area contributed by atoms with E-state index in [2.05, 4.69) is 10.3 Å². The number of nitrogens with one attached hydrogen (secondary N) is 1. The zero-order valence-corrected chi connectivity index (χ0v) is 11.2. The van der Waals surface area contributed by atoms with Gasteiger partial charge in [0.25, 0.3) is 0 Å². The molecule has 3 rings (SSSR count). The molecule has 1 aromatic heterocycles. The molecule has 0 bridgehead atoms. The highest BCUT2D eigenvalue weighted by molar-refractivity contribution is 6.31. The highest BCUT2D eigenvalue weighted by atomic mass is 35.5. The maximum atomic E-state index is 11.8. The molecule has 0 aliphatic carbocycles. The lowest BCUT2D eigenvalue weighted by molar-refractivity contribution is 0.557. The summed E-state index contributed by atoms with van der Waals surface area (Å²) in [5.41, 5.74) is 1.51. The van der Waals surface area contributed by atoms with Gasteiger partial charge < -0.3 is 9.73 Å². The van der Waals surface area contributed by atoms with Crippen LogP contribution in [0.2, 0.25) is 5.02 Å². The van der Waals surface area contributed by atoms with Gasteiger partial charge in [-0.15, -0.1) is 0 Å². The molecule has 0 spiro atoms. The molecule has 0 atom stereocenters. The Labute approximate surface area is 120 Å². The van der Waals surface area contributed by atoms with Crippen LogP contribution in [0.1, 0.15) is 5.56 Å². The van der Waals surface area contributed by atoms with Crippen LogP contribution in [0.4, 0.5) is 5.82 Å². The third-order valence-corrected chi connectivity index (χ3v) is 3.27. The number of aromatic nitrogens is 1. The van der Waals surface area contributed by atoms with E-state index < -0.39 is 5.63 Å². The Balaban J connectivity index is 1.89. The number of hydrogen-bond acceptors (Lipinski definition) is 4. The van der Waals surface area contributed by atoms with Gasteiger partial charge in [0.15, 0.2) is 5.58 Å². The van der Waals surface area contributed by atoms with Crippen LogP contribution in [-0.2, 0) is 6.54 Å². The van der Waals surface area contributed by atoms with Crippen LogP contribution < -0.4 is 10.9 Å². The van der Waals surface area contributed by atoms with Crippen molar-refractivity contribution in [1.29, 1.82) is 0 Å². The quantitative estimate of drug-likeness (QED) is 0.801. The zero-order chi connectivity index (χ0) is 13.9. The summed E-state index contributed by atoms with van der Waals surface area (Å²) in [6.45, 7) is 0.412. The first kappa shape index (κ1) is 12.7. The maximum absolute atomic E-state index is 11.8. The Hall–Kier alpha value is -2.33. The number of rotatable bonds is 3. The van der Waals surface area contributed by atoms with Crippen LogP contribution in [0.15, 0.2) is 57.7 Å². The lowest BCUT2D eigenvalue weighted by atomic mass is 10.2. The second kappa shape index (κ2) is 5.35. The van der Waals surface area contributed by atoms with Crippen molar-refractivity contribution in [3.8, 4) is 0 Å². The molecule has 0 unspecified atom stereocenters. The molecule has 0 saturated carbocycles. The first-order valence-electron chi connectivity index (χ1n) is 6.11. The topological polar surface area (TPSA) is 55.1 Å². The predicted octanol–water partition coefficient (Wildman–Crippen LogP) is 3.45. The largest absolute Gasteiger partial charge is 0.418 e. The molecule has 3 aromatic rings. The summed E-state index contributed by atoms with van der Waals surface area (Å²) in [7, 11) is 0. The van der Waals surface area contributed by atoms with Gasteiger partial charge in [0, 0.05) is 11.6 Å².